The van der Waals surface area contributed by atoms with Crippen molar-refractivity contribution in [2.24, 2.45) is 5.41 Å². The number of rotatable bonds is 5. The molecule has 0 fully saturated rings. The van der Waals surface area contributed by atoms with Crippen molar-refractivity contribution in [1.29, 1.82) is 5.26 Å². The molecule has 1 rings (SSSR count). The third-order valence-electron chi connectivity index (χ3n) is 3.07. The maximum absolute atomic E-state index is 9.10. The van der Waals surface area contributed by atoms with Crippen LogP contribution in [0.15, 0.2) is 24.3 Å². The summed E-state index contributed by atoms with van der Waals surface area (Å²) in [5, 5.41) is 21.4. The lowest BCUT2D eigenvalue weighted by atomic mass is 9.85. The highest BCUT2D eigenvalue weighted by Crippen LogP contribution is 2.22. The molecule has 18 heavy (non-hydrogen) atoms. The summed E-state index contributed by atoms with van der Waals surface area (Å²) in [6.07, 6.45) is 0.738. The van der Waals surface area contributed by atoms with Gasteiger partial charge < -0.3 is 10.4 Å². The van der Waals surface area contributed by atoms with E-state index in [0.717, 1.165) is 18.5 Å². The van der Waals surface area contributed by atoms with Crippen LogP contribution in [0.25, 0.3) is 0 Å². The van der Waals surface area contributed by atoms with E-state index in [-0.39, 0.29) is 18.1 Å². The molecule has 0 aliphatic rings. The fraction of sp³-hybridized carbons (Fsp3) is 0.533. The van der Waals surface area contributed by atoms with Crippen LogP contribution in [0.4, 0.5) is 0 Å². The predicted octanol–water partition coefficient (Wildman–Crippen LogP) is 2.44. The monoisotopic (exact) mass is 246 g/mol. The lowest BCUT2D eigenvalue weighted by Crippen LogP contribution is -2.40. The van der Waals surface area contributed by atoms with Crippen molar-refractivity contribution in [1.82, 2.24) is 5.32 Å². The van der Waals surface area contributed by atoms with Gasteiger partial charge in [0.1, 0.15) is 0 Å². The van der Waals surface area contributed by atoms with Gasteiger partial charge in [-0.15, -0.1) is 0 Å². The molecule has 98 valence electrons. The smallest absolute Gasteiger partial charge is 0.0991 e. The summed E-state index contributed by atoms with van der Waals surface area (Å²) in [5.41, 5.74) is 1.89. The van der Waals surface area contributed by atoms with E-state index in [0.29, 0.717) is 5.56 Å². The highest BCUT2D eigenvalue weighted by Gasteiger charge is 2.23. The summed E-state index contributed by atoms with van der Waals surface area (Å²) in [7, 11) is 0. The molecule has 0 radical (unpaired) electrons. The second kappa shape index (κ2) is 6.53. The molecule has 0 bridgehead atoms. The van der Waals surface area contributed by atoms with Crippen LogP contribution in [0.5, 0.6) is 0 Å². The average molecular weight is 246 g/mol. The van der Waals surface area contributed by atoms with Crippen molar-refractivity contribution in [3.63, 3.8) is 0 Å². The van der Waals surface area contributed by atoms with E-state index in [1.807, 2.05) is 18.2 Å². The molecule has 1 atom stereocenters. The largest absolute Gasteiger partial charge is 0.396 e. The molecule has 3 nitrogen and oxygen atoms in total. The number of nitriles is 1. The molecule has 0 saturated heterocycles. The standard InChI is InChI=1S/C15H22N2O/c1-15(2,3)14(7-8-18)17-11-13-6-4-5-12(9-13)10-16/h4-6,9,14,17-18H,7-8,11H2,1-3H3. The van der Waals surface area contributed by atoms with Crippen molar-refractivity contribution in [2.45, 2.75) is 39.8 Å². The van der Waals surface area contributed by atoms with E-state index in [1.54, 1.807) is 6.07 Å². The van der Waals surface area contributed by atoms with Gasteiger partial charge in [-0.2, -0.15) is 5.26 Å². The Kier molecular flexibility index (Phi) is 5.33. The minimum Gasteiger partial charge on any atom is -0.396 e. The zero-order valence-corrected chi connectivity index (χ0v) is 11.4. The first-order valence-corrected chi connectivity index (χ1v) is 6.30. The summed E-state index contributed by atoms with van der Waals surface area (Å²) in [6, 6.07) is 10.0. The molecule has 0 aliphatic carbocycles. The fourth-order valence-electron chi connectivity index (χ4n) is 1.96. The highest BCUT2D eigenvalue weighted by atomic mass is 16.3. The summed E-state index contributed by atoms with van der Waals surface area (Å²) in [4.78, 5) is 0. The van der Waals surface area contributed by atoms with Gasteiger partial charge in [0.25, 0.3) is 0 Å². The average Bonchev–Trinajstić information content (AvgIpc) is 2.33. The first kappa shape index (κ1) is 14.7. The maximum atomic E-state index is 9.10. The van der Waals surface area contributed by atoms with Crippen molar-refractivity contribution in [3.8, 4) is 6.07 Å². The van der Waals surface area contributed by atoms with Gasteiger partial charge in [-0.25, -0.2) is 0 Å². The Morgan fingerprint density at radius 1 is 1.39 bits per heavy atom. The van der Waals surface area contributed by atoms with Gasteiger partial charge in [-0.05, 0) is 29.5 Å². The molecule has 0 heterocycles. The zero-order valence-electron chi connectivity index (χ0n) is 11.4. The van der Waals surface area contributed by atoms with E-state index in [2.05, 4.69) is 32.2 Å². The molecule has 2 N–H and O–H groups in total. The number of nitrogens with one attached hydrogen (secondary N) is 1. The normalized spacial score (nSPS) is 13.1. The number of hydrogen-bond donors (Lipinski definition) is 2. The molecule has 1 aromatic carbocycles. The zero-order chi connectivity index (χ0) is 13.6. The Labute approximate surface area is 109 Å². The molecular weight excluding hydrogens is 224 g/mol. The van der Waals surface area contributed by atoms with Gasteiger partial charge in [0.15, 0.2) is 0 Å². The maximum Gasteiger partial charge on any atom is 0.0991 e. The molecular formula is C15H22N2O. The van der Waals surface area contributed by atoms with Gasteiger partial charge in [0.2, 0.25) is 0 Å². The topological polar surface area (TPSA) is 56.0 Å². The fourth-order valence-corrected chi connectivity index (χ4v) is 1.96. The predicted molar refractivity (Wildman–Crippen MR) is 72.9 cm³/mol. The number of benzene rings is 1. The van der Waals surface area contributed by atoms with E-state index in [4.69, 9.17) is 10.4 Å². The molecule has 1 unspecified atom stereocenters. The summed E-state index contributed by atoms with van der Waals surface area (Å²) in [6.45, 7) is 7.38. The van der Waals surface area contributed by atoms with Crippen LogP contribution in [-0.4, -0.2) is 17.8 Å². The minimum atomic E-state index is 0.107. The van der Waals surface area contributed by atoms with Crippen LogP contribution in [0.3, 0.4) is 0 Å². The first-order valence-electron chi connectivity index (χ1n) is 6.30. The molecule has 0 saturated carbocycles. The molecule has 0 aliphatic heterocycles. The van der Waals surface area contributed by atoms with Gasteiger partial charge >= 0.3 is 0 Å². The van der Waals surface area contributed by atoms with Crippen LogP contribution in [0, 0.1) is 16.7 Å². The van der Waals surface area contributed by atoms with Crippen LogP contribution in [0.2, 0.25) is 0 Å². The van der Waals surface area contributed by atoms with E-state index in [9.17, 15) is 0 Å². The van der Waals surface area contributed by atoms with Crippen molar-refractivity contribution in [3.05, 3.63) is 35.4 Å². The van der Waals surface area contributed by atoms with Crippen LogP contribution in [-0.2, 0) is 6.54 Å². The second-order valence-electron chi connectivity index (χ2n) is 5.62. The number of aliphatic hydroxyl groups is 1. The summed E-state index contributed by atoms with van der Waals surface area (Å²) >= 11 is 0. The van der Waals surface area contributed by atoms with Gasteiger partial charge in [0.05, 0.1) is 11.6 Å². The Morgan fingerprint density at radius 2 is 2.11 bits per heavy atom. The lowest BCUT2D eigenvalue weighted by Gasteiger charge is -2.31. The summed E-state index contributed by atoms with van der Waals surface area (Å²) in [5.74, 6) is 0. The van der Waals surface area contributed by atoms with Crippen molar-refractivity contribution < 1.29 is 5.11 Å². The van der Waals surface area contributed by atoms with Crippen LogP contribution >= 0.6 is 0 Å². The molecule has 0 aromatic heterocycles. The third-order valence-corrected chi connectivity index (χ3v) is 3.07. The summed E-state index contributed by atoms with van der Waals surface area (Å²) < 4.78 is 0. The van der Waals surface area contributed by atoms with E-state index < -0.39 is 0 Å². The van der Waals surface area contributed by atoms with E-state index >= 15 is 0 Å². The molecule has 1 aromatic rings. The Hall–Kier alpha value is -1.37. The van der Waals surface area contributed by atoms with Crippen LogP contribution < -0.4 is 5.32 Å². The number of aliphatic hydroxyl groups excluding tert-OH is 1. The Bertz CT molecular complexity index is 415. The molecule has 0 amide bonds. The van der Waals surface area contributed by atoms with Gasteiger partial charge in [-0.3, -0.25) is 0 Å². The Balaban J connectivity index is 2.64. The Morgan fingerprint density at radius 3 is 2.67 bits per heavy atom. The second-order valence-corrected chi connectivity index (χ2v) is 5.62. The van der Waals surface area contributed by atoms with Gasteiger partial charge in [0, 0.05) is 19.2 Å². The first-order chi connectivity index (χ1) is 8.47. The highest BCUT2D eigenvalue weighted by molar-refractivity contribution is 5.32. The SMILES string of the molecule is CC(C)(C)C(CCO)NCc1cccc(C#N)c1. The third kappa shape index (κ3) is 4.48. The van der Waals surface area contributed by atoms with Crippen LogP contribution in [0.1, 0.15) is 38.3 Å². The number of nitrogens with zero attached hydrogens (tertiary/aromatic N) is 1. The van der Waals surface area contributed by atoms with Crippen molar-refractivity contribution in [2.75, 3.05) is 6.61 Å². The van der Waals surface area contributed by atoms with Gasteiger partial charge in [-0.1, -0.05) is 32.9 Å². The quantitative estimate of drug-likeness (QED) is 0.839. The number of hydrogen-bond acceptors (Lipinski definition) is 3. The lowest BCUT2D eigenvalue weighted by molar-refractivity contribution is 0.196. The van der Waals surface area contributed by atoms with E-state index in [1.165, 1.54) is 0 Å². The van der Waals surface area contributed by atoms with Crippen molar-refractivity contribution >= 4 is 0 Å². The molecule has 0 spiro atoms. The molecule has 3 heteroatoms. The minimum absolute atomic E-state index is 0.107.